The Bertz CT molecular complexity index is 385. The minimum Gasteiger partial charge on any atom is -0.369 e. The molecule has 0 bridgehead atoms. The van der Waals surface area contributed by atoms with E-state index in [4.69, 9.17) is 5.73 Å². The molecule has 1 aromatic carbocycles. The number of primary amides is 1. The van der Waals surface area contributed by atoms with Crippen LogP contribution in [0.15, 0.2) is 24.3 Å². The van der Waals surface area contributed by atoms with Gasteiger partial charge in [0.05, 0.1) is 5.92 Å². The molecule has 1 fully saturated rings. The number of nitrogens with one attached hydrogen (secondary N) is 1. The molecule has 0 radical (unpaired) electrons. The summed E-state index contributed by atoms with van der Waals surface area (Å²) < 4.78 is 0. The van der Waals surface area contributed by atoms with Gasteiger partial charge >= 0.3 is 0 Å². The van der Waals surface area contributed by atoms with Crippen molar-refractivity contribution in [2.45, 2.75) is 31.6 Å². The number of piperidine rings is 1. The Morgan fingerprint density at radius 2 is 2.06 bits per heavy atom. The predicted molar refractivity (Wildman–Crippen MR) is 76.1 cm³/mol. The van der Waals surface area contributed by atoms with Crippen molar-refractivity contribution in [3.8, 4) is 0 Å². The van der Waals surface area contributed by atoms with E-state index in [0.29, 0.717) is 5.92 Å². The third kappa shape index (κ3) is 3.47. The van der Waals surface area contributed by atoms with Crippen LogP contribution in [0.4, 0.5) is 0 Å². The first-order valence-electron chi connectivity index (χ1n) is 6.28. The molecule has 1 heterocycles. The van der Waals surface area contributed by atoms with Gasteiger partial charge in [-0.25, -0.2) is 0 Å². The molecule has 18 heavy (non-hydrogen) atoms. The monoisotopic (exact) mass is 268 g/mol. The van der Waals surface area contributed by atoms with Gasteiger partial charge in [-0.15, -0.1) is 12.4 Å². The van der Waals surface area contributed by atoms with Gasteiger partial charge in [0.1, 0.15) is 0 Å². The first-order chi connectivity index (χ1) is 8.18. The van der Waals surface area contributed by atoms with Crippen molar-refractivity contribution in [3.05, 3.63) is 35.4 Å². The summed E-state index contributed by atoms with van der Waals surface area (Å²) in [6.45, 7) is 4.04. The lowest BCUT2D eigenvalue weighted by molar-refractivity contribution is -0.119. The van der Waals surface area contributed by atoms with Gasteiger partial charge in [0.2, 0.25) is 5.91 Å². The topological polar surface area (TPSA) is 55.1 Å². The molecule has 3 N–H and O–H groups in total. The Labute approximate surface area is 115 Å². The van der Waals surface area contributed by atoms with Crippen molar-refractivity contribution >= 4 is 18.3 Å². The highest BCUT2D eigenvalue weighted by molar-refractivity contribution is 5.85. The van der Waals surface area contributed by atoms with Crippen LogP contribution in [0.5, 0.6) is 0 Å². The molecule has 3 nitrogen and oxygen atoms in total. The van der Waals surface area contributed by atoms with Crippen molar-refractivity contribution in [1.82, 2.24) is 5.32 Å². The fraction of sp³-hybridized carbons (Fsp3) is 0.500. The van der Waals surface area contributed by atoms with E-state index in [0.717, 1.165) is 18.7 Å². The molecule has 0 saturated carbocycles. The molecule has 2 unspecified atom stereocenters. The molecule has 1 amide bonds. The lowest BCUT2D eigenvalue weighted by Crippen LogP contribution is -2.28. The lowest BCUT2D eigenvalue weighted by atomic mass is 9.90. The lowest BCUT2D eigenvalue weighted by Gasteiger charge is -2.23. The first-order valence-corrected chi connectivity index (χ1v) is 6.28. The quantitative estimate of drug-likeness (QED) is 0.883. The minimum absolute atomic E-state index is 0. The molecule has 1 aliphatic heterocycles. The van der Waals surface area contributed by atoms with Crippen LogP contribution in [0.2, 0.25) is 0 Å². The average molecular weight is 269 g/mol. The van der Waals surface area contributed by atoms with Gasteiger partial charge < -0.3 is 11.1 Å². The van der Waals surface area contributed by atoms with Crippen LogP contribution < -0.4 is 11.1 Å². The van der Waals surface area contributed by atoms with E-state index in [1.54, 1.807) is 0 Å². The number of hydrogen-bond donors (Lipinski definition) is 2. The average Bonchev–Trinajstić information content (AvgIpc) is 2.39. The van der Waals surface area contributed by atoms with Crippen molar-refractivity contribution in [1.29, 1.82) is 0 Å². The maximum absolute atomic E-state index is 11.1. The Kier molecular flexibility index (Phi) is 5.63. The Balaban J connectivity index is 0.00000162. The summed E-state index contributed by atoms with van der Waals surface area (Å²) in [5.74, 6) is 0.146. The number of carbonyl (C=O) groups excluding carboxylic acids is 1. The highest BCUT2D eigenvalue weighted by atomic mass is 35.5. The first kappa shape index (κ1) is 15.0. The Morgan fingerprint density at radius 1 is 1.39 bits per heavy atom. The van der Waals surface area contributed by atoms with Crippen molar-refractivity contribution < 1.29 is 4.79 Å². The van der Waals surface area contributed by atoms with E-state index in [-0.39, 0.29) is 24.2 Å². The fourth-order valence-corrected chi connectivity index (χ4v) is 2.36. The van der Waals surface area contributed by atoms with Crippen LogP contribution in [0.25, 0.3) is 0 Å². The zero-order chi connectivity index (χ0) is 12.3. The normalized spacial score (nSPS) is 20.8. The maximum Gasteiger partial charge on any atom is 0.224 e. The van der Waals surface area contributed by atoms with E-state index >= 15 is 0 Å². The number of benzene rings is 1. The zero-order valence-corrected chi connectivity index (χ0v) is 11.5. The third-order valence-electron chi connectivity index (χ3n) is 3.63. The standard InChI is InChI=1S/C14H20N2O.ClH/c1-10(14(15)17)11-4-6-12(7-5-11)13-3-2-8-16-9-13;/h4-7,10,13,16H,2-3,8-9H2,1H3,(H2,15,17);1H. The summed E-state index contributed by atoms with van der Waals surface area (Å²) in [4.78, 5) is 11.1. The number of hydrogen-bond acceptors (Lipinski definition) is 2. The van der Waals surface area contributed by atoms with Crippen LogP contribution >= 0.6 is 12.4 Å². The summed E-state index contributed by atoms with van der Waals surface area (Å²) in [5, 5.41) is 3.41. The summed E-state index contributed by atoms with van der Waals surface area (Å²) in [7, 11) is 0. The van der Waals surface area contributed by atoms with Gasteiger partial charge in [-0.05, 0) is 43.4 Å². The smallest absolute Gasteiger partial charge is 0.224 e. The number of carbonyl (C=O) groups is 1. The largest absolute Gasteiger partial charge is 0.369 e. The molecule has 0 spiro atoms. The van der Waals surface area contributed by atoms with Gasteiger partial charge in [-0.2, -0.15) is 0 Å². The summed E-state index contributed by atoms with van der Waals surface area (Å²) in [5.41, 5.74) is 7.66. The second-order valence-corrected chi connectivity index (χ2v) is 4.83. The number of halogens is 1. The number of nitrogens with two attached hydrogens (primary N) is 1. The number of rotatable bonds is 3. The van der Waals surface area contributed by atoms with E-state index in [1.165, 1.54) is 18.4 Å². The van der Waals surface area contributed by atoms with Crippen LogP contribution in [0, 0.1) is 0 Å². The molecule has 1 aromatic rings. The van der Waals surface area contributed by atoms with Crippen molar-refractivity contribution in [2.24, 2.45) is 5.73 Å². The second-order valence-electron chi connectivity index (χ2n) is 4.83. The predicted octanol–water partition coefficient (Wildman–Crippen LogP) is 2.16. The molecule has 100 valence electrons. The summed E-state index contributed by atoms with van der Waals surface area (Å²) in [6, 6.07) is 8.32. The van der Waals surface area contributed by atoms with Gasteiger partial charge in [-0.1, -0.05) is 24.3 Å². The minimum atomic E-state index is -0.267. The zero-order valence-electron chi connectivity index (χ0n) is 10.7. The SMILES string of the molecule is CC(C(N)=O)c1ccc(C2CCCNC2)cc1.Cl. The molecule has 0 aliphatic carbocycles. The fourth-order valence-electron chi connectivity index (χ4n) is 2.36. The molecular weight excluding hydrogens is 248 g/mol. The van der Waals surface area contributed by atoms with Crippen molar-refractivity contribution in [3.63, 3.8) is 0 Å². The summed E-state index contributed by atoms with van der Waals surface area (Å²) in [6.07, 6.45) is 2.49. The second kappa shape index (κ2) is 6.76. The Hall–Kier alpha value is -1.06. The molecule has 4 heteroatoms. The molecule has 1 saturated heterocycles. The van der Waals surface area contributed by atoms with Gasteiger partial charge in [0.15, 0.2) is 0 Å². The molecule has 2 rings (SSSR count). The van der Waals surface area contributed by atoms with E-state index in [1.807, 2.05) is 19.1 Å². The van der Waals surface area contributed by atoms with E-state index in [2.05, 4.69) is 17.4 Å². The maximum atomic E-state index is 11.1. The number of amides is 1. The van der Waals surface area contributed by atoms with E-state index < -0.39 is 0 Å². The molecular formula is C14H21ClN2O. The Morgan fingerprint density at radius 3 is 2.56 bits per heavy atom. The van der Waals surface area contributed by atoms with Gasteiger partial charge in [0, 0.05) is 6.54 Å². The van der Waals surface area contributed by atoms with Crippen LogP contribution in [-0.4, -0.2) is 19.0 Å². The van der Waals surface area contributed by atoms with Crippen molar-refractivity contribution in [2.75, 3.05) is 13.1 Å². The van der Waals surface area contributed by atoms with Gasteiger partial charge in [-0.3, -0.25) is 4.79 Å². The van der Waals surface area contributed by atoms with Crippen LogP contribution in [-0.2, 0) is 4.79 Å². The molecule has 2 atom stereocenters. The summed E-state index contributed by atoms with van der Waals surface area (Å²) >= 11 is 0. The van der Waals surface area contributed by atoms with Gasteiger partial charge in [0.25, 0.3) is 0 Å². The molecule has 1 aliphatic rings. The van der Waals surface area contributed by atoms with Crippen LogP contribution in [0.3, 0.4) is 0 Å². The van der Waals surface area contributed by atoms with Crippen LogP contribution in [0.1, 0.15) is 42.7 Å². The van der Waals surface area contributed by atoms with E-state index in [9.17, 15) is 4.79 Å². The third-order valence-corrected chi connectivity index (χ3v) is 3.63. The highest BCUT2D eigenvalue weighted by Gasteiger charge is 2.16. The highest BCUT2D eigenvalue weighted by Crippen LogP contribution is 2.25. The molecule has 0 aromatic heterocycles.